The van der Waals surface area contributed by atoms with E-state index in [9.17, 15) is 0 Å². The fraction of sp³-hybridized carbons (Fsp3) is 0.500. The van der Waals surface area contributed by atoms with Crippen molar-refractivity contribution in [3.05, 3.63) is 23.8 Å². The van der Waals surface area contributed by atoms with E-state index in [-0.39, 0.29) is 0 Å². The average Bonchev–Trinajstić information content (AvgIpc) is 2.38. The number of hydrogen-bond acceptors (Lipinski definition) is 3. The molecular weight excluding hydrogens is 212 g/mol. The molecule has 0 heterocycles. The first-order valence-electron chi connectivity index (χ1n) is 6.09. The highest BCUT2D eigenvalue weighted by Gasteiger charge is 2.09. The molecule has 0 fully saturated rings. The molecule has 92 valence electrons. The van der Waals surface area contributed by atoms with Gasteiger partial charge in [-0.1, -0.05) is 20.3 Å². The van der Waals surface area contributed by atoms with Gasteiger partial charge in [-0.15, -0.1) is 0 Å². The van der Waals surface area contributed by atoms with E-state index in [4.69, 9.17) is 10.00 Å². The number of nitriles is 1. The Labute approximate surface area is 103 Å². The minimum Gasteiger partial charge on any atom is -0.497 e. The third-order valence-corrected chi connectivity index (χ3v) is 2.84. The predicted molar refractivity (Wildman–Crippen MR) is 70.3 cm³/mol. The topological polar surface area (TPSA) is 45.0 Å². The van der Waals surface area contributed by atoms with Gasteiger partial charge in [-0.2, -0.15) is 5.26 Å². The van der Waals surface area contributed by atoms with Crippen molar-refractivity contribution in [3.8, 4) is 11.8 Å². The lowest BCUT2D eigenvalue weighted by atomic mass is 10.1. The molecule has 0 saturated carbocycles. The SMILES string of the molecule is CCCC(CC)Nc1cc(OC)ccc1C#N. The summed E-state index contributed by atoms with van der Waals surface area (Å²) in [5.41, 5.74) is 1.53. The van der Waals surface area contributed by atoms with Crippen molar-refractivity contribution >= 4 is 5.69 Å². The second-order valence-corrected chi connectivity index (χ2v) is 4.06. The summed E-state index contributed by atoms with van der Waals surface area (Å²) in [6.45, 7) is 4.32. The van der Waals surface area contributed by atoms with Crippen LogP contribution in [0.25, 0.3) is 0 Å². The van der Waals surface area contributed by atoms with Crippen LogP contribution in [-0.4, -0.2) is 13.2 Å². The number of methoxy groups -OCH3 is 1. The summed E-state index contributed by atoms with van der Waals surface area (Å²) in [5, 5.41) is 12.5. The summed E-state index contributed by atoms with van der Waals surface area (Å²) in [5.74, 6) is 0.776. The van der Waals surface area contributed by atoms with Crippen LogP contribution in [0.1, 0.15) is 38.7 Å². The molecule has 0 aliphatic carbocycles. The first kappa shape index (κ1) is 13.4. The quantitative estimate of drug-likeness (QED) is 0.815. The van der Waals surface area contributed by atoms with E-state index < -0.39 is 0 Å². The fourth-order valence-electron chi connectivity index (χ4n) is 1.81. The van der Waals surface area contributed by atoms with E-state index >= 15 is 0 Å². The van der Waals surface area contributed by atoms with Crippen molar-refractivity contribution in [2.45, 2.75) is 39.2 Å². The summed E-state index contributed by atoms with van der Waals surface area (Å²) in [7, 11) is 1.63. The molecule has 1 rings (SSSR count). The van der Waals surface area contributed by atoms with Gasteiger partial charge in [0.05, 0.1) is 18.4 Å². The molecule has 0 amide bonds. The largest absolute Gasteiger partial charge is 0.497 e. The number of benzene rings is 1. The monoisotopic (exact) mass is 232 g/mol. The zero-order valence-corrected chi connectivity index (χ0v) is 10.8. The highest BCUT2D eigenvalue weighted by molar-refractivity contribution is 5.60. The zero-order chi connectivity index (χ0) is 12.7. The summed E-state index contributed by atoms with van der Waals surface area (Å²) in [6.07, 6.45) is 3.30. The van der Waals surface area contributed by atoms with Crippen molar-refractivity contribution in [2.75, 3.05) is 12.4 Å². The van der Waals surface area contributed by atoms with E-state index in [0.29, 0.717) is 11.6 Å². The van der Waals surface area contributed by atoms with Gasteiger partial charge in [0, 0.05) is 12.1 Å². The molecule has 1 aromatic rings. The molecule has 0 aromatic heterocycles. The normalized spacial score (nSPS) is 11.6. The summed E-state index contributed by atoms with van der Waals surface area (Å²) in [6, 6.07) is 8.10. The van der Waals surface area contributed by atoms with E-state index in [1.807, 2.05) is 12.1 Å². The molecule has 0 spiro atoms. The lowest BCUT2D eigenvalue weighted by Gasteiger charge is -2.18. The first-order valence-corrected chi connectivity index (χ1v) is 6.09. The van der Waals surface area contributed by atoms with Crippen LogP contribution in [0.4, 0.5) is 5.69 Å². The van der Waals surface area contributed by atoms with Crippen molar-refractivity contribution in [1.82, 2.24) is 0 Å². The van der Waals surface area contributed by atoms with Gasteiger partial charge < -0.3 is 10.1 Å². The van der Waals surface area contributed by atoms with Gasteiger partial charge in [0.25, 0.3) is 0 Å². The maximum atomic E-state index is 9.07. The Morgan fingerprint density at radius 3 is 2.71 bits per heavy atom. The molecule has 0 bridgehead atoms. The molecule has 0 radical (unpaired) electrons. The standard InChI is InChI=1S/C14H20N2O/c1-4-6-12(5-2)16-14-9-13(17-3)8-7-11(14)10-15/h7-9,12,16H,4-6H2,1-3H3. The van der Waals surface area contributed by atoms with Crippen LogP contribution >= 0.6 is 0 Å². The zero-order valence-electron chi connectivity index (χ0n) is 10.8. The molecule has 1 aromatic carbocycles. The highest BCUT2D eigenvalue weighted by atomic mass is 16.5. The van der Waals surface area contributed by atoms with Gasteiger partial charge in [0.15, 0.2) is 0 Å². The molecule has 0 aliphatic rings. The number of nitrogens with one attached hydrogen (secondary N) is 1. The second kappa shape index (κ2) is 6.80. The molecular formula is C14H20N2O. The maximum Gasteiger partial charge on any atom is 0.121 e. The lowest BCUT2D eigenvalue weighted by molar-refractivity contribution is 0.415. The molecule has 1 atom stereocenters. The minimum absolute atomic E-state index is 0.416. The van der Waals surface area contributed by atoms with Gasteiger partial charge >= 0.3 is 0 Å². The Bertz CT molecular complexity index is 396. The molecule has 3 nitrogen and oxygen atoms in total. The second-order valence-electron chi connectivity index (χ2n) is 4.06. The smallest absolute Gasteiger partial charge is 0.121 e. The van der Waals surface area contributed by atoms with Crippen molar-refractivity contribution in [2.24, 2.45) is 0 Å². The molecule has 17 heavy (non-hydrogen) atoms. The van der Waals surface area contributed by atoms with Gasteiger partial charge in [-0.05, 0) is 25.0 Å². The summed E-state index contributed by atoms with van der Waals surface area (Å²) in [4.78, 5) is 0. The maximum absolute atomic E-state index is 9.07. The van der Waals surface area contributed by atoms with Crippen LogP contribution < -0.4 is 10.1 Å². The molecule has 1 N–H and O–H groups in total. The average molecular weight is 232 g/mol. The van der Waals surface area contributed by atoms with Crippen LogP contribution in [0, 0.1) is 11.3 Å². The van der Waals surface area contributed by atoms with Crippen molar-refractivity contribution in [3.63, 3.8) is 0 Å². The number of nitrogens with zero attached hydrogens (tertiary/aromatic N) is 1. The number of rotatable bonds is 6. The summed E-state index contributed by atoms with van der Waals surface area (Å²) < 4.78 is 5.18. The number of ether oxygens (including phenoxy) is 1. The Balaban J connectivity index is 2.90. The Morgan fingerprint density at radius 2 is 2.18 bits per heavy atom. The van der Waals surface area contributed by atoms with E-state index in [2.05, 4.69) is 25.2 Å². The third kappa shape index (κ3) is 3.67. The molecule has 3 heteroatoms. The Morgan fingerprint density at radius 1 is 1.41 bits per heavy atom. The number of hydrogen-bond donors (Lipinski definition) is 1. The lowest BCUT2D eigenvalue weighted by Crippen LogP contribution is -2.18. The first-order chi connectivity index (χ1) is 8.24. The fourth-order valence-corrected chi connectivity index (χ4v) is 1.81. The third-order valence-electron chi connectivity index (χ3n) is 2.84. The van der Waals surface area contributed by atoms with Gasteiger partial charge in [-0.3, -0.25) is 0 Å². The van der Waals surface area contributed by atoms with Gasteiger partial charge in [0.1, 0.15) is 11.8 Å². The summed E-state index contributed by atoms with van der Waals surface area (Å²) >= 11 is 0. The number of anilines is 1. The van der Waals surface area contributed by atoms with Crippen molar-refractivity contribution < 1.29 is 4.74 Å². The molecule has 0 aliphatic heterocycles. The van der Waals surface area contributed by atoms with Gasteiger partial charge in [-0.25, -0.2) is 0 Å². The molecule has 0 saturated heterocycles. The Hall–Kier alpha value is -1.69. The van der Waals surface area contributed by atoms with Crippen LogP contribution in [0.5, 0.6) is 5.75 Å². The van der Waals surface area contributed by atoms with Crippen LogP contribution in [0.15, 0.2) is 18.2 Å². The Kier molecular flexibility index (Phi) is 5.35. The predicted octanol–water partition coefficient (Wildman–Crippen LogP) is 3.56. The van der Waals surface area contributed by atoms with Crippen LogP contribution in [0.3, 0.4) is 0 Å². The van der Waals surface area contributed by atoms with E-state index in [1.54, 1.807) is 13.2 Å². The van der Waals surface area contributed by atoms with E-state index in [0.717, 1.165) is 30.7 Å². The van der Waals surface area contributed by atoms with Crippen LogP contribution in [0.2, 0.25) is 0 Å². The van der Waals surface area contributed by atoms with Gasteiger partial charge in [0.2, 0.25) is 0 Å². The highest BCUT2D eigenvalue weighted by Crippen LogP contribution is 2.23. The van der Waals surface area contributed by atoms with Crippen LogP contribution in [-0.2, 0) is 0 Å². The van der Waals surface area contributed by atoms with Crippen molar-refractivity contribution in [1.29, 1.82) is 5.26 Å². The minimum atomic E-state index is 0.416. The molecule has 1 unspecified atom stereocenters. The van der Waals surface area contributed by atoms with E-state index in [1.165, 1.54) is 0 Å².